The van der Waals surface area contributed by atoms with Gasteiger partial charge in [0.15, 0.2) is 6.10 Å². The molecule has 22 heavy (non-hydrogen) atoms. The van der Waals surface area contributed by atoms with Gasteiger partial charge in [-0.05, 0) is 49.6 Å². The van der Waals surface area contributed by atoms with E-state index in [0.717, 1.165) is 27.7 Å². The smallest absolute Gasteiger partial charge is 0.265 e. The van der Waals surface area contributed by atoms with Crippen molar-refractivity contribution in [2.24, 2.45) is 0 Å². The van der Waals surface area contributed by atoms with Crippen LogP contribution in [0.15, 0.2) is 46.9 Å². The molecule has 0 aliphatic carbocycles. The minimum absolute atomic E-state index is 0.149. The Hall–Kier alpha value is -1.81. The summed E-state index contributed by atoms with van der Waals surface area (Å²) in [4.78, 5) is 12.4. The number of hydrogen-bond acceptors (Lipinski definition) is 2. The maximum Gasteiger partial charge on any atom is 0.265 e. The molecule has 2 aromatic carbocycles. The molecule has 1 atom stereocenters. The standard InChI is InChI=1S/C18H20BrNO2/c1-4-14-8-5-7-12(2)17(14)20-18(21)13(3)22-16-10-6-9-15(19)11-16/h5-11,13H,4H2,1-3H3,(H,20,21)/t13-/m0/s1. The van der Waals surface area contributed by atoms with E-state index >= 15 is 0 Å². The van der Waals surface area contributed by atoms with Gasteiger partial charge in [-0.25, -0.2) is 0 Å². The van der Waals surface area contributed by atoms with Crippen molar-refractivity contribution in [1.82, 2.24) is 0 Å². The van der Waals surface area contributed by atoms with Gasteiger partial charge in [-0.2, -0.15) is 0 Å². The fourth-order valence-corrected chi connectivity index (χ4v) is 2.60. The number of hydrogen-bond donors (Lipinski definition) is 1. The molecule has 0 fully saturated rings. The summed E-state index contributed by atoms with van der Waals surface area (Å²) >= 11 is 3.39. The number of carbonyl (C=O) groups is 1. The molecule has 0 aliphatic heterocycles. The second-order valence-corrected chi connectivity index (χ2v) is 6.08. The van der Waals surface area contributed by atoms with Gasteiger partial charge in [0, 0.05) is 10.2 Å². The fraction of sp³-hybridized carbons (Fsp3) is 0.278. The number of aryl methyl sites for hydroxylation is 2. The second-order valence-electron chi connectivity index (χ2n) is 5.17. The van der Waals surface area contributed by atoms with Gasteiger partial charge in [0.05, 0.1) is 0 Å². The summed E-state index contributed by atoms with van der Waals surface area (Å²) in [6.07, 6.45) is 0.302. The first-order chi connectivity index (χ1) is 10.5. The predicted octanol–water partition coefficient (Wildman–Crippen LogP) is 4.73. The van der Waals surface area contributed by atoms with E-state index < -0.39 is 6.10 Å². The van der Waals surface area contributed by atoms with Gasteiger partial charge in [0.25, 0.3) is 5.91 Å². The summed E-state index contributed by atoms with van der Waals surface area (Å²) in [6.45, 7) is 5.82. The number of para-hydroxylation sites is 1. The lowest BCUT2D eigenvalue weighted by atomic mass is 10.1. The van der Waals surface area contributed by atoms with Crippen molar-refractivity contribution in [2.75, 3.05) is 5.32 Å². The second kappa shape index (κ2) is 7.45. The molecular weight excluding hydrogens is 342 g/mol. The summed E-state index contributed by atoms with van der Waals surface area (Å²) < 4.78 is 6.62. The number of benzene rings is 2. The Bertz CT molecular complexity index is 670. The van der Waals surface area contributed by atoms with E-state index in [9.17, 15) is 4.79 Å². The number of nitrogens with one attached hydrogen (secondary N) is 1. The molecule has 116 valence electrons. The van der Waals surface area contributed by atoms with Crippen molar-refractivity contribution in [3.63, 3.8) is 0 Å². The van der Waals surface area contributed by atoms with Gasteiger partial charge in [-0.15, -0.1) is 0 Å². The monoisotopic (exact) mass is 361 g/mol. The van der Waals surface area contributed by atoms with Gasteiger partial charge in [0.2, 0.25) is 0 Å². The van der Waals surface area contributed by atoms with E-state index in [1.165, 1.54) is 0 Å². The van der Waals surface area contributed by atoms with Crippen LogP contribution < -0.4 is 10.1 Å². The molecule has 0 radical (unpaired) electrons. The molecule has 2 aromatic rings. The number of rotatable bonds is 5. The maximum atomic E-state index is 12.4. The third-order valence-corrected chi connectivity index (χ3v) is 3.96. The summed E-state index contributed by atoms with van der Waals surface area (Å²) in [6, 6.07) is 13.5. The van der Waals surface area contributed by atoms with Crippen molar-refractivity contribution in [3.8, 4) is 5.75 Å². The molecule has 2 rings (SSSR count). The summed E-state index contributed by atoms with van der Waals surface area (Å²) in [7, 11) is 0. The number of halogens is 1. The molecular formula is C18H20BrNO2. The Labute approximate surface area is 139 Å². The number of amides is 1. The van der Waals surface area contributed by atoms with E-state index in [0.29, 0.717) is 5.75 Å². The highest BCUT2D eigenvalue weighted by atomic mass is 79.9. The maximum absolute atomic E-state index is 12.4. The average molecular weight is 362 g/mol. The van der Waals surface area contributed by atoms with Crippen molar-refractivity contribution >= 4 is 27.5 Å². The molecule has 0 saturated carbocycles. The van der Waals surface area contributed by atoms with E-state index in [1.54, 1.807) is 6.92 Å². The van der Waals surface area contributed by atoms with Crippen molar-refractivity contribution in [2.45, 2.75) is 33.3 Å². The first-order valence-electron chi connectivity index (χ1n) is 7.33. The number of carbonyl (C=O) groups excluding carboxylic acids is 1. The van der Waals surface area contributed by atoms with E-state index in [1.807, 2.05) is 49.4 Å². The Morgan fingerprint density at radius 2 is 2.00 bits per heavy atom. The van der Waals surface area contributed by atoms with Gasteiger partial charge in [0.1, 0.15) is 5.75 Å². The molecule has 0 saturated heterocycles. The van der Waals surface area contributed by atoms with Gasteiger partial charge < -0.3 is 10.1 Å². The Balaban J connectivity index is 2.09. The lowest BCUT2D eigenvalue weighted by Crippen LogP contribution is -2.30. The lowest BCUT2D eigenvalue weighted by molar-refractivity contribution is -0.122. The van der Waals surface area contributed by atoms with Gasteiger partial charge in [-0.3, -0.25) is 4.79 Å². The van der Waals surface area contributed by atoms with Gasteiger partial charge >= 0.3 is 0 Å². The zero-order chi connectivity index (χ0) is 16.1. The predicted molar refractivity (Wildman–Crippen MR) is 93.4 cm³/mol. The van der Waals surface area contributed by atoms with Crippen LogP contribution in [0.2, 0.25) is 0 Å². The van der Waals surface area contributed by atoms with Crippen LogP contribution in [0.3, 0.4) is 0 Å². The quantitative estimate of drug-likeness (QED) is 0.835. The Morgan fingerprint density at radius 3 is 2.68 bits per heavy atom. The third-order valence-electron chi connectivity index (χ3n) is 3.47. The fourth-order valence-electron chi connectivity index (χ4n) is 2.22. The minimum atomic E-state index is -0.571. The van der Waals surface area contributed by atoms with E-state index in [-0.39, 0.29) is 5.91 Å². The molecule has 0 heterocycles. The first kappa shape index (κ1) is 16.6. The van der Waals surface area contributed by atoms with Gasteiger partial charge in [-0.1, -0.05) is 47.1 Å². The lowest BCUT2D eigenvalue weighted by Gasteiger charge is -2.17. The zero-order valence-electron chi connectivity index (χ0n) is 13.0. The largest absolute Gasteiger partial charge is 0.481 e. The molecule has 1 N–H and O–H groups in total. The van der Waals surface area contributed by atoms with Crippen LogP contribution in [0, 0.1) is 6.92 Å². The summed E-state index contributed by atoms with van der Waals surface area (Å²) in [5, 5.41) is 2.99. The van der Waals surface area contributed by atoms with Crippen molar-refractivity contribution < 1.29 is 9.53 Å². The minimum Gasteiger partial charge on any atom is -0.481 e. The van der Waals surface area contributed by atoms with Crippen LogP contribution in [0.5, 0.6) is 5.75 Å². The highest BCUT2D eigenvalue weighted by Crippen LogP contribution is 2.22. The summed E-state index contributed by atoms with van der Waals surface area (Å²) in [5.74, 6) is 0.515. The Kier molecular flexibility index (Phi) is 5.61. The molecule has 4 heteroatoms. The van der Waals surface area contributed by atoms with E-state index in [2.05, 4.69) is 28.2 Å². The van der Waals surface area contributed by atoms with E-state index in [4.69, 9.17) is 4.74 Å². The molecule has 0 unspecified atom stereocenters. The SMILES string of the molecule is CCc1cccc(C)c1NC(=O)[C@H](C)Oc1cccc(Br)c1. The highest BCUT2D eigenvalue weighted by Gasteiger charge is 2.17. The van der Waals surface area contributed by atoms with Crippen LogP contribution in [0.1, 0.15) is 25.0 Å². The molecule has 3 nitrogen and oxygen atoms in total. The average Bonchev–Trinajstić information content (AvgIpc) is 2.49. The van der Waals surface area contributed by atoms with Crippen LogP contribution in [0.25, 0.3) is 0 Å². The van der Waals surface area contributed by atoms with Crippen LogP contribution >= 0.6 is 15.9 Å². The third kappa shape index (κ3) is 4.10. The Morgan fingerprint density at radius 1 is 1.27 bits per heavy atom. The molecule has 0 aromatic heterocycles. The van der Waals surface area contributed by atoms with Crippen LogP contribution in [-0.4, -0.2) is 12.0 Å². The van der Waals surface area contributed by atoms with Crippen LogP contribution in [-0.2, 0) is 11.2 Å². The van der Waals surface area contributed by atoms with Crippen molar-refractivity contribution in [1.29, 1.82) is 0 Å². The van der Waals surface area contributed by atoms with Crippen LogP contribution in [0.4, 0.5) is 5.69 Å². The number of anilines is 1. The molecule has 0 bridgehead atoms. The topological polar surface area (TPSA) is 38.3 Å². The molecule has 0 aliphatic rings. The van der Waals surface area contributed by atoms with Crippen molar-refractivity contribution in [3.05, 3.63) is 58.1 Å². The molecule has 0 spiro atoms. The number of ether oxygens (including phenoxy) is 1. The normalized spacial score (nSPS) is 11.8. The summed E-state index contributed by atoms with van der Waals surface area (Å²) in [5.41, 5.74) is 3.07. The first-order valence-corrected chi connectivity index (χ1v) is 8.12. The molecule has 1 amide bonds. The highest BCUT2D eigenvalue weighted by molar-refractivity contribution is 9.10. The zero-order valence-corrected chi connectivity index (χ0v) is 14.6.